The number of aliphatic hydroxyl groups excluding tert-OH is 1. The number of methoxy groups -OCH3 is 3. The molecule has 1 aliphatic rings. The van der Waals surface area contributed by atoms with Crippen LogP contribution in [-0.2, 0) is 0 Å². The van der Waals surface area contributed by atoms with Gasteiger partial charge in [0.25, 0.3) is 0 Å². The van der Waals surface area contributed by atoms with Gasteiger partial charge in [-0.1, -0.05) is 0 Å². The van der Waals surface area contributed by atoms with E-state index in [0.717, 1.165) is 31.4 Å². The smallest absolute Gasteiger partial charge is 0.227 e. The van der Waals surface area contributed by atoms with Gasteiger partial charge in [-0.2, -0.15) is 21.3 Å². The molecular weight excluding hydrogens is 468 g/mol. The molecule has 0 amide bonds. The Morgan fingerprint density at radius 2 is 1.77 bits per heavy atom. The highest BCUT2D eigenvalue weighted by Gasteiger charge is 2.22. The molecule has 3 N–H and O–H groups in total. The number of fused-ring (bicyclic) bond motifs is 1. The lowest BCUT2D eigenvalue weighted by Crippen LogP contribution is -2.29. The molecule has 0 bridgehead atoms. The molecule has 3 heterocycles. The highest BCUT2D eigenvalue weighted by molar-refractivity contribution is 7.08. The number of benzene rings is 1. The van der Waals surface area contributed by atoms with E-state index in [1.807, 2.05) is 33.5 Å². The van der Waals surface area contributed by atoms with Gasteiger partial charge in [0, 0.05) is 29.2 Å². The molecular formula is C24H28N6O4S. The number of nitrogens with zero attached hydrogens (tertiary/aromatic N) is 4. The lowest BCUT2D eigenvalue weighted by molar-refractivity contribution is 0.126. The maximum atomic E-state index is 9.87. The van der Waals surface area contributed by atoms with Gasteiger partial charge in [0.2, 0.25) is 11.7 Å². The van der Waals surface area contributed by atoms with Crippen molar-refractivity contribution < 1.29 is 19.3 Å². The third-order valence-electron chi connectivity index (χ3n) is 6.14. The van der Waals surface area contributed by atoms with E-state index in [9.17, 15) is 5.11 Å². The minimum Gasteiger partial charge on any atom is -0.493 e. The van der Waals surface area contributed by atoms with Gasteiger partial charge in [0.15, 0.2) is 28.5 Å². The summed E-state index contributed by atoms with van der Waals surface area (Å²) in [5.74, 6) is 2.63. The van der Waals surface area contributed by atoms with Crippen LogP contribution in [0.3, 0.4) is 0 Å². The van der Waals surface area contributed by atoms with E-state index >= 15 is 0 Å². The van der Waals surface area contributed by atoms with Crippen LogP contribution in [0.25, 0.3) is 16.9 Å². The maximum Gasteiger partial charge on any atom is 0.227 e. The Balaban J connectivity index is 1.56. The fourth-order valence-corrected chi connectivity index (χ4v) is 4.96. The molecule has 4 aromatic rings. The third-order valence-corrected chi connectivity index (χ3v) is 6.81. The predicted octanol–water partition coefficient (Wildman–Crippen LogP) is 4.36. The first-order chi connectivity index (χ1) is 17.1. The first-order valence-electron chi connectivity index (χ1n) is 11.4. The Bertz CT molecular complexity index is 1280. The van der Waals surface area contributed by atoms with E-state index in [4.69, 9.17) is 24.2 Å². The van der Waals surface area contributed by atoms with E-state index in [0.29, 0.717) is 45.9 Å². The van der Waals surface area contributed by atoms with Crippen molar-refractivity contribution in [3.05, 3.63) is 35.3 Å². The van der Waals surface area contributed by atoms with Crippen molar-refractivity contribution in [2.24, 2.45) is 0 Å². The molecule has 0 atom stereocenters. The number of rotatable bonds is 8. The molecule has 0 saturated heterocycles. The third kappa shape index (κ3) is 4.69. The number of hydrogen-bond acceptors (Lipinski definition) is 10. The minimum atomic E-state index is -0.228. The summed E-state index contributed by atoms with van der Waals surface area (Å²) in [6, 6.07) is 5.86. The molecule has 5 rings (SSSR count). The van der Waals surface area contributed by atoms with Crippen molar-refractivity contribution in [1.29, 1.82) is 0 Å². The number of aromatic nitrogens is 4. The van der Waals surface area contributed by atoms with E-state index in [-0.39, 0.29) is 12.1 Å². The molecule has 0 aliphatic heterocycles. The van der Waals surface area contributed by atoms with E-state index in [2.05, 4.69) is 15.6 Å². The van der Waals surface area contributed by atoms with E-state index in [1.165, 1.54) is 0 Å². The topological polar surface area (TPSA) is 116 Å². The summed E-state index contributed by atoms with van der Waals surface area (Å²) in [7, 11) is 4.73. The Labute approximate surface area is 206 Å². The zero-order valence-corrected chi connectivity index (χ0v) is 20.6. The van der Waals surface area contributed by atoms with Gasteiger partial charge in [-0.3, -0.25) is 4.57 Å². The van der Waals surface area contributed by atoms with Crippen LogP contribution in [0.2, 0.25) is 0 Å². The fourth-order valence-electron chi connectivity index (χ4n) is 4.33. The molecule has 1 aromatic carbocycles. The molecule has 0 spiro atoms. The summed E-state index contributed by atoms with van der Waals surface area (Å²) in [5.41, 5.74) is 3.01. The molecule has 35 heavy (non-hydrogen) atoms. The van der Waals surface area contributed by atoms with E-state index < -0.39 is 0 Å². The fraction of sp³-hybridized carbons (Fsp3) is 0.375. The molecule has 1 aliphatic carbocycles. The van der Waals surface area contributed by atoms with Crippen molar-refractivity contribution in [2.45, 2.75) is 37.8 Å². The summed E-state index contributed by atoms with van der Waals surface area (Å²) in [5, 5.41) is 20.8. The number of thiophene rings is 1. The van der Waals surface area contributed by atoms with Crippen molar-refractivity contribution in [3.8, 4) is 22.9 Å². The Morgan fingerprint density at radius 3 is 2.40 bits per heavy atom. The SMILES string of the molecule is COc1cc(Nc2nc(NC3CCC(O)CC3)nc3c2ncn3-c2ccsc2)cc(OC)c1OC. The molecule has 0 radical (unpaired) electrons. The minimum absolute atomic E-state index is 0.197. The van der Waals surface area contributed by atoms with Crippen LogP contribution in [0.1, 0.15) is 25.7 Å². The van der Waals surface area contributed by atoms with Crippen LogP contribution in [0, 0.1) is 0 Å². The average Bonchev–Trinajstić information content (AvgIpc) is 3.55. The lowest BCUT2D eigenvalue weighted by atomic mass is 9.93. The van der Waals surface area contributed by atoms with Crippen molar-refractivity contribution in [3.63, 3.8) is 0 Å². The van der Waals surface area contributed by atoms with Gasteiger partial charge in [-0.25, -0.2) is 4.98 Å². The number of imidazole rings is 1. The summed E-state index contributed by atoms with van der Waals surface area (Å²) < 4.78 is 18.4. The maximum absolute atomic E-state index is 9.87. The van der Waals surface area contributed by atoms with Gasteiger partial charge < -0.3 is 30.0 Å². The van der Waals surface area contributed by atoms with Crippen molar-refractivity contribution in [2.75, 3.05) is 32.0 Å². The van der Waals surface area contributed by atoms with Crippen LogP contribution in [0.4, 0.5) is 17.5 Å². The number of ether oxygens (including phenoxy) is 3. The summed E-state index contributed by atoms with van der Waals surface area (Å²) in [6.45, 7) is 0. The first-order valence-corrected chi connectivity index (χ1v) is 12.3. The lowest BCUT2D eigenvalue weighted by Gasteiger charge is -2.26. The molecule has 1 fully saturated rings. The molecule has 3 aromatic heterocycles. The van der Waals surface area contributed by atoms with E-state index in [1.54, 1.807) is 39.0 Å². The predicted molar refractivity (Wildman–Crippen MR) is 136 cm³/mol. The second-order valence-electron chi connectivity index (χ2n) is 8.35. The van der Waals surface area contributed by atoms with Gasteiger partial charge >= 0.3 is 0 Å². The number of nitrogens with one attached hydrogen (secondary N) is 2. The van der Waals surface area contributed by atoms with Crippen molar-refractivity contribution in [1.82, 2.24) is 19.5 Å². The van der Waals surface area contributed by atoms with Crippen LogP contribution in [0.15, 0.2) is 35.3 Å². The standard InChI is InChI=1S/C24H28N6O4S/c1-32-18-10-15(11-19(33-2)21(18)34-3)26-22-20-23(30(13-25-20)16-8-9-35-12-16)29-24(28-22)27-14-4-6-17(31)7-5-14/h8-14,17,31H,4-7H2,1-3H3,(H2,26,27,28,29). The normalized spacial score (nSPS) is 17.8. The Hall–Kier alpha value is -3.57. The van der Waals surface area contributed by atoms with Gasteiger partial charge in [0.1, 0.15) is 6.33 Å². The molecule has 10 nitrogen and oxygen atoms in total. The highest BCUT2D eigenvalue weighted by atomic mass is 32.1. The van der Waals surface area contributed by atoms with Gasteiger partial charge in [-0.15, -0.1) is 0 Å². The van der Waals surface area contributed by atoms with Crippen LogP contribution in [-0.4, -0.2) is 58.1 Å². The number of anilines is 3. The molecule has 0 unspecified atom stereocenters. The van der Waals surface area contributed by atoms with Crippen LogP contribution >= 0.6 is 11.3 Å². The summed E-state index contributed by atoms with van der Waals surface area (Å²) >= 11 is 1.61. The number of hydrogen-bond donors (Lipinski definition) is 3. The average molecular weight is 497 g/mol. The highest BCUT2D eigenvalue weighted by Crippen LogP contribution is 2.41. The monoisotopic (exact) mass is 496 g/mol. The van der Waals surface area contributed by atoms with Gasteiger partial charge in [-0.05, 0) is 37.1 Å². The molecule has 11 heteroatoms. The Kier molecular flexibility index (Phi) is 6.60. The summed E-state index contributed by atoms with van der Waals surface area (Å²) in [4.78, 5) is 14.2. The Morgan fingerprint density at radius 1 is 1.03 bits per heavy atom. The quantitative estimate of drug-likeness (QED) is 0.327. The van der Waals surface area contributed by atoms with Crippen LogP contribution < -0.4 is 24.8 Å². The number of aliphatic hydroxyl groups is 1. The second-order valence-corrected chi connectivity index (χ2v) is 9.13. The zero-order chi connectivity index (χ0) is 24.4. The van der Waals surface area contributed by atoms with Gasteiger partial charge in [0.05, 0.1) is 33.1 Å². The van der Waals surface area contributed by atoms with Crippen molar-refractivity contribution >= 4 is 40.0 Å². The second kappa shape index (κ2) is 9.96. The largest absolute Gasteiger partial charge is 0.493 e. The first kappa shape index (κ1) is 23.2. The zero-order valence-electron chi connectivity index (χ0n) is 19.8. The molecule has 1 saturated carbocycles. The molecule has 184 valence electrons. The summed E-state index contributed by atoms with van der Waals surface area (Å²) in [6.07, 6.45) is 4.78. The van der Waals surface area contributed by atoms with Crippen LogP contribution in [0.5, 0.6) is 17.2 Å².